The molecule has 0 spiro atoms. The topological polar surface area (TPSA) is 84.8 Å². The number of piperazine rings is 1. The Kier molecular flexibility index (Phi) is 4.62. The first-order valence-electron chi connectivity index (χ1n) is 6.65. The maximum atomic E-state index is 14.2. The van der Waals surface area contributed by atoms with Crippen LogP contribution in [-0.2, 0) is 4.74 Å². The van der Waals surface area contributed by atoms with E-state index in [2.05, 4.69) is 0 Å². The van der Waals surface area contributed by atoms with E-state index in [1.165, 1.54) is 6.07 Å². The molecule has 8 heteroatoms. The maximum absolute atomic E-state index is 14.2. The molecule has 0 atom stereocenters. The SMILES string of the molecule is CCOC(=O)N1CCN(c2c(N)cc(N)c(Cl)c2F)CC1. The molecule has 1 fully saturated rings. The fraction of sp³-hybridized carbons (Fsp3) is 0.462. The molecule has 4 N–H and O–H groups in total. The van der Waals surface area contributed by atoms with E-state index in [0.717, 1.165) is 0 Å². The van der Waals surface area contributed by atoms with Crippen LogP contribution in [0, 0.1) is 5.82 Å². The van der Waals surface area contributed by atoms with Crippen LogP contribution in [-0.4, -0.2) is 43.8 Å². The summed E-state index contributed by atoms with van der Waals surface area (Å²) in [5.41, 5.74) is 12.0. The largest absolute Gasteiger partial charge is 0.450 e. The van der Waals surface area contributed by atoms with Crippen molar-refractivity contribution in [2.75, 3.05) is 49.2 Å². The van der Waals surface area contributed by atoms with Crippen LogP contribution in [0.5, 0.6) is 0 Å². The first-order chi connectivity index (χ1) is 9.95. The first kappa shape index (κ1) is 15.5. The van der Waals surface area contributed by atoms with Crippen molar-refractivity contribution < 1.29 is 13.9 Å². The van der Waals surface area contributed by atoms with Gasteiger partial charge in [-0.1, -0.05) is 11.6 Å². The molecule has 0 unspecified atom stereocenters. The molecule has 21 heavy (non-hydrogen) atoms. The van der Waals surface area contributed by atoms with E-state index in [-0.39, 0.29) is 28.2 Å². The van der Waals surface area contributed by atoms with Crippen LogP contribution in [0.25, 0.3) is 0 Å². The molecule has 0 aromatic heterocycles. The summed E-state index contributed by atoms with van der Waals surface area (Å²) < 4.78 is 19.2. The zero-order chi connectivity index (χ0) is 15.6. The van der Waals surface area contributed by atoms with Crippen LogP contribution in [0.3, 0.4) is 0 Å². The Hall–Kier alpha value is -1.89. The lowest BCUT2D eigenvalue weighted by Gasteiger charge is -2.36. The highest BCUT2D eigenvalue weighted by Crippen LogP contribution is 2.36. The zero-order valence-corrected chi connectivity index (χ0v) is 12.5. The molecule has 1 aromatic rings. The average Bonchev–Trinajstić information content (AvgIpc) is 2.46. The number of anilines is 3. The van der Waals surface area contributed by atoms with Gasteiger partial charge in [-0.25, -0.2) is 9.18 Å². The molecule has 1 aliphatic rings. The minimum absolute atomic E-state index is 0.112. The standard InChI is InChI=1S/C13H18ClFN4O2/c1-2-21-13(20)19-5-3-18(4-6-19)12-9(17)7-8(16)10(14)11(12)15/h7H,2-6,16-17H2,1H3. The lowest BCUT2D eigenvalue weighted by molar-refractivity contribution is 0.105. The van der Waals surface area contributed by atoms with Gasteiger partial charge in [0.15, 0.2) is 5.82 Å². The molecule has 0 aliphatic carbocycles. The van der Waals surface area contributed by atoms with Gasteiger partial charge in [-0.3, -0.25) is 0 Å². The van der Waals surface area contributed by atoms with Crippen LogP contribution in [0.4, 0.5) is 26.2 Å². The summed E-state index contributed by atoms with van der Waals surface area (Å²) in [6.07, 6.45) is -0.360. The number of halogens is 2. The summed E-state index contributed by atoms with van der Waals surface area (Å²) in [6, 6.07) is 1.44. The van der Waals surface area contributed by atoms with Gasteiger partial charge < -0.3 is 26.0 Å². The molecule has 116 valence electrons. The van der Waals surface area contributed by atoms with Crippen molar-refractivity contribution in [3.05, 3.63) is 16.9 Å². The van der Waals surface area contributed by atoms with E-state index in [1.54, 1.807) is 16.7 Å². The van der Waals surface area contributed by atoms with Crippen molar-refractivity contribution in [1.82, 2.24) is 4.90 Å². The number of nitrogens with two attached hydrogens (primary N) is 2. The van der Waals surface area contributed by atoms with Crippen molar-refractivity contribution in [1.29, 1.82) is 0 Å². The monoisotopic (exact) mass is 316 g/mol. The summed E-state index contributed by atoms with van der Waals surface area (Å²) in [7, 11) is 0. The van der Waals surface area contributed by atoms with E-state index >= 15 is 0 Å². The molecule has 2 rings (SSSR count). The fourth-order valence-corrected chi connectivity index (χ4v) is 2.45. The van der Waals surface area contributed by atoms with Crippen LogP contribution < -0.4 is 16.4 Å². The zero-order valence-electron chi connectivity index (χ0n) is 11.7. The lowest BCUT2D eigenvalue weighted by atomic mass is 10.2. The molecular formula is C13H18ClFN4O2. The normalized spacial score (nSPS) is 15.2. The van der Waals surface area contributed by atoms with Gasteiger partial charge in [0.2, 0.25) is 0 Å². The Morgan fingerprint density at radius 1 is 1.33 bits per heavy atom. The molecule has 1 aliphatic heterocycles. The Balaban J connectivity index is 2.13. The van der Waals surface area contributed by atoms with E-state index in [9.17, 15) is 9.18 Å². The van der Waals surface area contributed by atoms with Crippen LogP contribution in [0.2, 0.25) is 5.02 Å². The Bertz CT molecular complexity index is 547. The van der Waals surface area contributed by atoms with Gasteiger partial charge in [0.25, 0.3) is 0 Å². The third-order valence-corrected chi connectivity index (χ3v) is 3.74. The predicted molar refractivity (Wildman–Crippen MR) is 81.0 cm³/mol. The van der Waals surface area contributed by atoms with Gasteiger partial charge in [-0.15, -0.1) is 0 Å². The van der Waals surface area contributed by atoms with E-state index in [1.807, 2.05) is 0 Å². The number of carbonyl (C=O) groups is 1. The van der Waals surface area contributed by atoms with Crippen molar-refractivity contribution in [2.24, 2.45) is 0 Å². The Morgan fingerprint density at radius 2 is 1.95 bits per heavy atom. The quantitative estimate of drug-likeness (QED) is 0.814. The minimum atomic E-state index is -0.626. The Morgan fingerprint density at radius 3 is 2.52 bits per heavy atom. The van der Waals surface area contributed by atoms with Crippen molar-refractivity contribution in [3.63, 3.8) is 0 Å². The predicted octanol–water partition coefficient (Wildman–Crippen LogP) is 1.92. The molecule has 1 amide bonds. The summed E-state index contributed by atoms with van der Waals surface area (Å²) in [4.78, 5) is 15.0. The van der Waals surface area contributed by atoms with Gasteiger partial charge in [-0.05, 0) is 13.0 Å². The second-order valence-electron chi connectivity index (χ2n) is 4.70. The highest BCUT2D eigenvalue weighted by Gasteiger charge is 2.26. The van der Waals surface area contributed by atoms with E-state index in [0.29, 0.717) is 32.8 Å². The highest BCUT2D eigenvalue weighted by molar-refractivity contribution is 6.33. The van der Waals surface area contributed by atoms with Gasteiger partial charge in [0.05, 0.1) is 23.7 Å². The molecule has 1 aromatic carbocycles. The average molecular weight is 317 g/mol. The number of hydrogen-bond donors (Lipinski definition) is 2. The van der Waals surface area contributed by atoms with Crippen LogP contribution >= 0.6 is 11.6 Å². The number of nitrogens with zero attached hydrogens (tertiary/aromatic N) is 2. The highest BCUT2D eigenvalue weighted by atomic mass is 35.5. The smallest absolute Gasteiger partial charge is 0.409 e. The number of carbonyl (C=O) groups excluding carboxylic acids is 1. The van der Waals surface area contributed by atoms with Gasteiger partial charge >= 0.3 is 6.09 Å². The number of nitrogen functional groups attached to an aromatic ring is 2. The van der Waals surface area contributed by atoms with Gasteiger partial charge in [0.1, 0.15) is 5.02 Å². The van der Waals surface area contributed by atoms with Crippen LogP contribution in [0.15, 0.2) is 6.07 Å². The second-order valence-corrected chi connectivity index (χ2v) is 5.08. The minimum Gasteiger partial charge on any atom is -0.450 e. The summed E-state index contributed by atoms with van der Waals surface area (Å²) in [5.74, 6) is -0.626. The van der Waals surface area contributed by atoms with Crippen LogP contribution in [0.1, 0.15) is 6.92 Å². The fourth-order valence-electron chi connectivity index (χ4n) is 2.31. The lowest BCUT2D eigenvalue weighted by Crippen LogP contribution is -2.49. The molecule has 0 bridgehead atoms. The third kappa shape index (κ3) is 3.07. The maximum Gasteiger partial charge on any atom is 0.409 e. The number of rotatable bonds is 2. The molecule has 6 nitrogen and oxygen atoms in total. The van der Waals surface area contributed by atoms with Crippen molar-refractivity contribution >= 4 is 34.8 Å². The molecule has 1 saturated heterocycles. The number of benzene rings is 1. The molecule has 0 radical (unpaired) electrons. The van der Waals surface area contributed by atoms with E-state index < -0.39 is 5.82 Å². The molecule has 1 heterocycles. The van der Waals surface area contributed by atoms with Gasteiger partial charge in [-0.2, -0.15) is 0 Å². The molecule has 0 saturated carbocycles. The number of hydrogen-bond acceptors (Lipinski definition) is 5. The molecular weight excluding hydrogens is 299 g/mol. The van der Waals surface area contributed by atoms with E-state index in [4.69, 9.17) is 27.8 Å². The Labute approximate surface area is 127 Å². The first-order valence-corrected chi connectivity index (χ1v) is 7.03. The summed E-state index contributed by atoms with van der Waals surface area (Å²) in [6.45, 7) is 3.83. The number of ether oxygens (including phenoxy) is 1. The van der Waals surface area contributed by atoms with Gasteiger partial charge in [0, 0.05) is 26.2 Å². The summed E-state index contributed by atoms with van der Waals surface area (Å²) in [5, 5.41) is -0.132. The third-order valence-electron chi connectivity index (χ3n) is 3.36. The van der Waals surface area contributed by atoms with Crippen molar-refractivity contribution in [3.8, 4) is 0 Å². The van der Waals surface area contributed by atoms with Crippen molar-refractivity contribution in [2.45, 2.75) is 6.92 Å². The number of amides is 1. The summed E-state index contributed by atoms with van der Waals surface area (Å²) >= 11 is 5.83. The second kappa shape index (κ2) is 6.26.